The summed E-state index contributed by atoms with van der Waals surface area (Å²) in [7, 11) is 0. The molecule has 1 aliphatic heterocycles. The molecule has 6 heteroatoms. The van der Waals surface area contributed by atoms with E-state index in [4.69, 9.17) is 16.3 Å². The van der Waals surface area contributed by atoms with Crippen molar-refractivity contribution in [2.75, 3.05) is 11.9 Å². The van der Waals surface area contributed by atoms with Gasteiger partial charge in [-0.05, 0) is 19.3 Å². The number of hydrogen-bond acceptors (Lipinski definition) is 4. The topological polar surface area (TPSA) is 64.1 Å². The van der Waals surface area contributed by atoms with Gasteiger partial charge in [0, 0.05) is 6.61 Å². The maximum atomic E-state index is 11.7. The lowest BCUT2D eigenvalue weighted by Gasteiger charge is -2.21. The van der Waals surface area contributed by atoms with Crippen LogP contribution in [-0.4, -0.2) is 28.6 Å². The van der Waals surface area contributed by atoms with Gasteiger partial charge in [-0.3, -0.25) is 9.78 Å². The van der Waals surface area contributed by atoms with E-state index in [2.05, 4.69) is 15.3 Å². The van der Waals surface area contributed by atoms with Crippen LogP contribution in [-0.2, 0) is 9.53 Å². The Kier molecular flexibility index (Phi) is 4.28. The van der Waals surface area contributed by atoms with Crippen molar-refractivity contribution in [3.8, 4) is 0 Å². The summed E-state index contributed by atoms with van der Waals surface area (Å²) >= 11 is 5.67. The number of aromatic nitrogens is 2. The Balaban J connectivity index is 1.84. The van der Waals surface area contributed by atoms with Crippen molar-refractivity contribution in [2.45, 2.75) is 31.8 Å². The number of carbonyl (C=O) groups is 1. The van der Waals surface area contributed by atoms with Gasteiger partial charge in [-0.25, -0.2) is 4.98 Å². The monoisotopic (exact) mass is 255 g/mol. The third kappa shape index (κ3) is 3.94. The third-order valence-corrected chi connectivity index (χ3v) is 2.74. The van der Waals surface area contributed by atoms with Crippen LogP contribution in [0.4, 0.5) is 5.82 Å². The second kappa shape index (κ2) is 5.93. The zero-order valence-electron chi connectivity index (χ0n) is 9.36. The van der Waals surface area contributed by atoms with E-state index in [1.54, 1.807) is 0 Å². The fraction of sp³-hybridized carbons (Fsp3) is 0.545. The predicted octanol–water partition coefficient (Wildman–Crippen LogP) is 2.03. The summed E-state index contributed by atoms with van der Waals surface area (Å²) in [5, 5.41) is 2.91. The van der Waals surface area contributed by atoms with E-state index in [-0.39, 0.29) is 17.2 Å². The van der Waals surface area contributed by atoms with Gasteiger partial charge in [0.25, 0.3) is 0 Å². The third-order valence-electron chi connectivity index (χ3n) is 2.56. The van der Waals surface area contributed by atoms with Crippen molar-refractivity contribution in [2.24, 2.45) is 0 Å². The van der Waals surface area contributed by atoms with Crippen molar-refractivity contribution in [1.82, 2.24) is 9.97 Å². The van der Waals surface area contributed by atoms with Gasteiger partial charge in [0.15, 0.2) is 5.82 Å². The zero-order chi connectivity index (χ0) is 12.1. The van der Waals surface area contributed by atoms with Gasteiger partial charge in [-0.2, -0.15) is 0 Å². The van der Waals surface area contributed by atoms with E-state index in [0.29, 0.717) is 12.2 Å². The lowest BCUT2D eigenvalue weighted by Crippen LogP contribution is -2.25. The number of amides is 1. The Morgan fingerprint density at radius 3 is 3.12 bits per heavy atom. The largest absolute Gasteiger partial charge is 0.378 e. The van der Waals surface area contributed by atoms with Crippen LogP contribution in [0, 0.1) is 0 Å². The molecule has 1 fully saturated rings. The minimum atomic E-state index is -0.117. The van der Waals surface area contributed by atoms with Gasteiger partial charge >= 0.3 is 0 Å². The fourth-order valence-electron chi connectivity index (χ4n) is 1.77. The fourth-order valence-corrected chi connectivity index (χ4v) is 1.92. The molecule has 0 aromatic carbocycles. The van der Waals surface area contributed by atoms with Gasteiger partial charge in [-0.1, -0.05) is 11.6 Å². The van der Waals surface area contributed by atoms with Crippen LogP contribution in [0.25, 0.3) is 0 Å². The van der Waals surface area contributed by atoms with Crippen LogP contribution in [0.1, 0.15) is 25.7 Å². The van der Waals surface area contributed by atoms with Gasteiger partial charge in [0.1, 0.15) is 5.15 Å². The lowest BCUT2D eigenvalue weighted by molar-refractivity contribution is -0.119. The molecule has 1 aromatic heterocycles. The Bertz CT molecular complexity index is 394. The molecule has 2 rings (SSSR count). The Hall–Kier alpha value is -1.20. The summed E-state index contributed by atoms with van der Waals surface area (Å²) in [5.74, 6) is 0.256. The van der Waals surface area contributed by atoms with Crippen molar-refractivity contribution >= 4 is 23.3 Å². The van der Waals surface area contributed by atoms with Crippen LogP contribution in [0.15, 0.2) is 12.4 Å². The van der Waals surface area contributed by atoms with Crippen LogP contribution in [0.2, 0.25) is 5.15 Å². The van der Waals surface area contributed by atoms with E-state index < -0.39 is 0 Å². The Labute approximate surface area is 105 Å². The smallest absolute Gasteiger partial charge is 0.228 e. The SMILES string of the molecule is O=C(CC1CCCCO1)Nc1cncc(Cl)n1. The Morgan fingerprint density at radius 2 is 2.41 bits per heavy atom. The van der Waals surface area contributed by atoms with E-state index >= 15 is 0 Å². The first-order valence-electron chi connectivity index (χ1n) is 5.63. The molecular weight excluding hydrogens is 242 g/mol. The highest BCUT2D eigenvalue weighted by molar-refractivity contribution is 6.29. The standard InChI is InChI=1S/C11H14ClN3O2/c12-9-6-13-7-10(14-9)15-11(16)5-8-3-1-2-4-17-8/h6-8H,1-5H2,(H,14,15,16). The summed E-state index contributed by atoms with van der Waals surface area (Å²) in [5.41, 5.74) is 0. The molecule has 0 bridgehead atoms. The second-order valence-electron chi connectivity index (χ2n) is 3.97. The minimum Gasteiger partial charge on any atom is -0.378 e. The van der Waals surface area contributed by atoms with Crippen LogP contribution >= 0.6 is 11.6 Å². The van der Waals surface area contributed by atoms with Crippen LogP contribution in [0.3, 0.4) is 0 Å². The predicted molar refractivity (Wildman–Crippen MR) is 63.9 cm³/mol. The first kappa shape index (κ1) is 12.3. The molecule has 1 aliphatic rings. The number of carbonyl (C=O) groups excluding carboxylic acids is 1. The average Bonchev–Trinajstić information content (AvgIpc) is 2.30. The van der Waals surface area contributed by atoms with Crippen molar-refractivity contribution in [1.29, 1.82) is 0 Å². The van der Waals surface area contributed by atoms with Crippen molar-refractivity contribution in [3.63, 3.8) is 0 Å². The number of hydrogen-bond donors (Lipinski definition) is 1. The molecule has 17 heavy (non-hydrogen) atoms. The normalized spacial score (nSPS) is 19.9. The number of anilines is 1. The lowest BCUT2D eigenvalue weighted by atomic mass is 10.1. The zero-order valence-corrected chi connectivity index (χ0v) is 10.1. The van der Waals surface area contributed by atoms with Crippen LogP contribution in [0.5, 0.6) is 0 Å². The number of halogens is 1. The number of nitrogens with one attached hydrogen (secondary N) is 1. The van der Waals surface area contributed by atoms with E-state index in [1.165, 1.54) is 12.4 Å². The van der Waals surface area contributed by atoms with Crippen LogP contribution < -0.4 is 5.32 Å². The summed E-state index contributed by atoms with van der Waals surface area (Å²) in [6.07, 6.45) is 6.40. The van der Waals surface area contributed by atoms with Gasteiger partial charge < -0.3 is 10.1 Å². The molecule has 1 unspecified atom stereocenters. The Morgan fingerprint density at radius 1 is 1.53 bits per heavy atom. The van der Waals surface area contributed by atoms with E-state index in [1.807, 2.05) is 0 Å². The highest BCUT2D eigenvalue weighted by Gasteiger charge is 2.17. The van der Waals surface area contributed by atoms with Gasteiger partial charge in [0.2, 0.25) is 5.91 Å². The minimum absolute atomic E-state index is 0.0240. The first-order chi connectivity index (χ1) is 8.24. The molecule has 1 atom stereocenters. The molecule has 5 nitrogen and oxygen atoms in total. The van der Waals surface area contributed by atoms with Crippen molar-refractivity contribution < 1.29 is 9.53 Å². The number of rotatable bonds is 3. The highest BCUT2D eigenvalue weighted by atomic mass is 35.5. The summed E-state index contributed by atoms with van der Waals surface area (Å²) < 4.78 is 5.49. The second-order valence-corrected chi connectivity index (χ2v) is 4.36. The molecule has 1 N–H and O–H groups in total. The molecule has 92 valence electrons. The molecule has 2 heterocycles. The molecule has 0 aliphatic carbocycles. The molecular formula is C11H14ClN3O2. The molecule has 0 radical (unpaired) electrons. The first-order valence-corrected chi connectivity index (χ1v) is 6.01. The quantitative estimate of drug-likeness (QED) is 0.898. The van der Waals surface area contributed by atoms with Gasteiger partial charge in [-0.15, -0.1) is 0 Å². The van der Waals surface area contributed by atoms with E-state index in [9.17, 15) is 4.79 Å². The molecule has 1 saturated heterocycles. The molecule has 1 amide bonds. The molecule has 0 spiro atoms. The van der Waals surface area contributed by atoms with Crippen molar-refractivity contribution in [3.05, 3.63) is 17.5 Å². The summed E-state index contributed by atoms with van der Waals surface area (Å²) in [4.78, 5) is 19.5. The summed E-state index contributed by atoms with van der Waals surface area (Å²) in [6.45, 7) is 0.745. The molecule has 1 aromatic rings. The average molecular weight is 256 g/mol. The summed E-state index contributed by atoms with van der Waals surface area (Å²) in [6, 6.07) is 0. The van der Waals surface area contributed by atoms with Gasteiger partial charge in [0.05, 0.1) is 24.9 Å². The van der Waals surface area contributed by atoms with E-state index in [0.717, 1.165) is 25.9 Å². The number of nitrogens with zero attached hydrogens (tertiary/aromatic N) is 2. The maximum Gasteiger partial charge on any atom is 0.228 e. The maximum absolute atomic E-state index is 11.7. The highest BCUT2D eigenvalue weighted by Crippen LogP contribution is 2.16. The number of ether oxygens (including phenoxy) is 1. The molecule has 0 saturated carbocycles.